The molecule has 0 bridgehead atoms. The molecule has 0 fully saturated rings. The first-order chi connectivity index (χ1) is 9.15. The number of carbonyl (C=O) groups excluding carboxylic acids is 1. The van der Waals surface area contributed by atoms with Gasteiger partial charge in [0.2, 0.25) is 5.91 Å². The van der Waals surface area contributed by atoms with E-state index in [1.807, 2.05) is 0 Å². The molecule has 110 valence electrons. The second-order valence-corrected chi connectivity index (χ2v) is 7.38. The van der Waals surface area contributed by atoms with Crippen LogP contribution in [0.4, 0.5) is 5.69 Å². The average molecular weight is 317 g/mol. The van der Waals surface area contributed by atoms with Gasteiger partial charge >= 0.3 is 5.97 Å². The third-order valence-electron chi connectivity index (χ3n) is 2.57. The number of hydrogen-bond donors (Lipinski definition) is 2. The van der Waals surface area contributed by atoms with Crippen LogP contribution in [0.25, 0.3) is 0 Å². The highest BCUT2D eigenvalue weighted by atomic mass is 32.2. The SMILES string of the molecule is CSC(C)C(=O)Nc1cc(C(=O)O)cc(S(C)(=O)=O)c1. The summed E-state index contributed by atoms with van der Waals surface area (Å²) < 4.78 is 23.1. The van der Waals surface area contributed by atoms with Crippen LogP contribution in [0, 0.1) is 0 Å². The maximum Gasteiger partial charge on any atom is 0.335 e. The molecule has 0 saturated heterocycles. The Bertz CT molecular complexity index is 639. The second-order valence-electron chi connectivity index (χ2n) is 4.19. The van der Waals surface area contributed by atoms with Gasteiger partial charge in [-0.25, -0.2) is 13.2 Å². The number of sulfone groups is 1. The molecule has 6 nitrogen and oxygen atoms in total. The molecule has 1 amide bonds. The van der Waals surface area contributed by atoms with Crippen LogP contribution >= 0.6 is 11.8 Å². The molecule has 1 rings (SSSR count). The van der Waals surface area contributed by atoms with Gasteiger partial charge in [0.1, 0.15) is 0 Å². The van der Waals surface area contributed by atoms with E-state index in [-0.39, 0.29) is 27.3 Å². The molecule has 0 radical (unpaired) electrons. The molecular formula is C12H15NO5S2. The number of carboxylic acids is 1. The van der Waals surface area contributed by atoms with E-state index < -0.39 is 15.8 Å². The minimum absolute atomic E-state index is 0.149. The molecule has 0 aliphatic carbocycles. The highest BCUT2D eigenvalue weighted by Gasteiger charge is 2.16. The van der Waals surface area contributed by atoms with Crippen LogP contribution in [0.15, 0.2) is 23.1 Å². The third kappa shape index (κ3) is 4.24. The Morgan fingerprint density at radius 1 is 1.30 bits per heavy atom. The van der Waals surface area contributed by atoms with Gasteiger partial charge in [0.25, 0.3) is 0 Å². The Kier molecular flexibility index (Phi) is 5.18. The zero-order chi connectivity index (χ0) is 15.5. The number of thioether (sulfide) groups is 1. The summed E-state index contributed by atoms with van der Waals surface area (Å²) >= 11 is 1.33. The zero-order valence-corrected chi connectivity index (χ0v) is 12.8. The van der Waals surface area contributed by atoms with Crippen molar-refractivity contribution < 1.29 is 23.1 Å². The smallest absolute Gasteiger partial charge is 0.335 e. The Labute approximate surface area is 121 Å². The second kappa shape index (κ2) is 6.27. The molecule has 20 heavy (non-hydrogen) atoms. The summed E-state index contributed by atoms with van der Waals surface area (Å²) in [4.78, 5) is 22.6. The van der Waals surface area contributed by atoms with E-state index in [0.29, 0.717) is 0 Å². The number of carbonyl (C=O) groups is 2. The van der Waals surface area contributed by atoms with Gasteiger partial charge in [0.15, 0.2) is 9.84 Å². The quantitative estimate of drug-likeness (QED) is 0.853. The fourth-order valence-corrected chi connectivity index (χ4v) is 2.31. The molecule has 1 atom stereocenters. The molecular weight excluding hydrogens is 302 g/mol. The number of anilines is 1. The van der Waals surface area contributed by atoms with Gasteiger partial charge in [-0.05, 0) is 31.4 Å². The van der Waals surface area contributed by atoms with Gasteiger partial charge in [-0.3, -0.25) is 4.79 Å². The summed E-state index contributed by atoms with van der Waals surface area (Å²) in [5, 5.41) is 11.2. The summed E-state index contributed by atoms with van der Waals surface area (Å²) in [7, 11) is -3.56. The van der Waals surface area contributed by atoms with Crippen molar-refractivity contribution >= 4 is 39.2 Å². The van der Waals surface area contributed by atoms with Crippen LogP contribution in [0.5, 0.6) is 0 Å². The van der Waals surface area contributed by atoms with E-state index in [0.717, 1.165) is 12.3 Å². The van der Waals surface area contributed by atoms with Crippen LogP contribution in [-0.4, -0.2) is 43.2 Å². The average Bonchev–Trinajstić information content (AvgIpc) is 2.36. The summed E-state index contributed by atoms with van der Waals surface area (Å²) in [5.74, 6) is -1.58. The van der Waals surface area contributed by atoms with E-state index >= 15 is 0 Å². The maximum atomic E-state index is 11.8. The van der Waals surface area contributed by atoms with Crippen molar-refractivity contribution in [2.24, 2.45) is 0 Å². The van der Waals surface area contributed by atoms with Crippen molar-refractivity contribution in [3.8, 4) is 0 Å². The Hall–Kier alpha value is -1.54. The third-order valence-corrected chi connectivity index (χ3v) is 4.59. The summed E-state index contributed by atoms with van der Waals surface area (Å²) in [6.07, 6.45) is 2.74. The first-order valence-corrected chi connectivity index (χ1v) is 8.75. The number of hydrogen-bond acceptors (Lipinski definition) is 5. The number of carboxylic acid groups (broad SMARTS) is 1. The molecule has 0 spiro atoms. The van der Waals surface area contributed by atoms with Crippen molar-refractivity contribution in [1.82, 2.24) is 0 Å². The maximum absolute atomic E-state index is 11.8. The highest BCUT2D eigenvalue weighted by molar-refractivity contribution is 7.99. The Morgan fingerprint density at radius 2 is 1.90 bits per heavy atom. The summed E-state index contributed by atoms with van der Waals surface area (Å²) in [6.45, 7) is 1.69. The van der Waals surface area contributed by atoms with Gasteiger partial charge in [-0.15, -0.1) is 0 Å². The number of aromatic carboxylic acids is 1. The van der Waals surface area contributed by atoms with Crippen molar-refractivity contribution in [1.29, 1.82) is 0 Å². The largest absolute Gasteiger partial charge is 0.478 e. The summed E-state index contributed by atoms with van der Waals surface area (Å²) in [5.41, 5.74) is -0.0451. The highest BCUT2D eigenvalue weighted by Crippen LogP contribution is 2.20. The van der Waals surface area contributed by atoms with Crippen LogP contribution in [0.2, 0.25) is 0 Å². The minimum Gasteiger partial charge on any atom is -0.478 e. The Balaban J connectivity index is 3.23. The number of nitrogens with one attached hydrogen (secondary N) is 1. The number of rotatable bonds is 5. The normalized spacial score (nSPS) is 12.8. The van der Waals surface area contributed by atoms with E-state index in [2.05, 4.69) is 5.32 Å². The predicted octanol–water partition coefficient (Wildman–Crippen LogP) is 1.48. The molecule has 2 N–H and O–H groups in total. The number of amides is 1. The molecule has 0 heterocycles. The fourth-order valence-electron chi connectivity index (χ4n) is 1.36. The minimum atomic E-state index is -3.56. The van der Waals surface area contributed by atoms with Crippen molar-refractivity contribution in [3.63, 3.8) is 0 Å². The van der Waals surface area contributed by atoms with E-state index in [4.69, 9.17) is 5.11 Å². The molecule has 0 aliphatic rings. The van der Waals surface area contributed by atoms with Crippen molar-refractivity contribution in [2.45, 2.75) is 17.1 Å². The molecule has 1 aromatic rings. The lowest BCUT2D eigenvalue weighted by Gasteiger charge is -2.11. The lowest BCUT2D eigenvalue weighted by atomic mass is 10.2. The van der Waals surface area contributed by atoms with Crippen LogP contribution in [0.1, 0.15) is 17.3 Å². The Morgan fingerprint density at radius 3 is 2.35 bits per heavy atom. The van der Waals surface area contributed by atoms with Crippen LogP contribution in [0.3, 0.4) is 0 Å². The first kappa shape index (κ1) is 16.5. The number of benzene rings is 1. The molecule has 0 saturated carbocycles. The van der Waals surface area contributed by atoms with Crippen molar-refractivity contribution in [3.05, 3.63) is 23.8 Å². The monoisotopic (exact) mass is 317 g/mol. The van der Waals surface area contributed by atoms with Gasteiger partial charge in [0, 0.05) is 11.9 Å². The molecule has 1 aromatic carbocycles. The van der Waals surface area contributed by atoms with Gasteiger partial charge < -0.3 is 10.4 Å². The lowest BCUT2D eigenvalue weighted by molar-refractivity contribution is -0.115. The molecule has 8 heteroatoms. The van der Waals surface area contributed by atoms with Crippen molar-refractivity contribution in [2.75, 3.05) is 17.8 Å². The molecule has 0 aromatic heterocycles. The lowest BCUT2D eigenvalue weighted by Crippen LogP contribution is -2.22. The molecule has 0 aliphatic heterocycles. The topological polar surface area (TPSA) is 101 Å². The van der Waals surface area contributed by atoms with Gasteiger partial charge in [-0.1, -0.05) is 0 Å². The standard InChI is InChI=1S/C12H15NO5S2/c1-7(19-2)11(14)13-9-4-8(12(15)16)5-10(6-9)20(3,17)18/h4-7H,1-3H3,(H,13,14)(H,15,16). The van der Waals surface area contributed by atoms with Gasteiger partial charge in [0.05, 0.1) is 15.7 Å². The van der Waals surface area contributed by atoms with Gasteiger partial charge in [-0.2, -0.15) is 11.8 Å². The fraction of sp³-hybridized carbons (Fsp3) is 0.333. The zero-order valence-electron chi connectivity index (χ0n) is 11.2. The van der Waals surface area contributed by atoms with Crippen LogP contribution in [-0.2, 0) is 14.6 Å². The van der Waals surface area contributed by atoms with Crippen LogP contribution < -0.4 is 5.32 Å². The molecule has 1 unspecified atom stereocenters. The predicted molar refractivity (Wildman–Crippen MR) is 78.1 cm³/mol. The van der Waals surface area contributed by atoms with E-state index in [1.165, 1.54) is 23.9 Å². The summed E-state index contributed by atoms with van der Waals surface area (Å²) in [6, 6.07) is 3.53. The van der Waals surface area contributed by atoms with E-state index in [1.54, 1.807) is 13.2 Å². The van der Waals surface area contributed by atoms with E-state index in [9.17, 15) is 18.0 Å². The first-order valence-electron chi connectivity index (χ1n) is 5.57.